The molecule has 0 radical (unpaired) electrons. The molecule has 0 aliphatic heterocycles. The molecule has 0 fully saturated rings. The van der Waals surface area contributed by atoms with Crippen LogP contribution in [-0.4, -0.2) is 46.1 Å². The molecule has 5 heteroatoms. The SMILES string of the molecule is CCCCC/C=C/CC/C=C/CC/C=C/C(O)C(CO)NC(=O)CC(O)CCCCCCCCCCCCCC. The molecule has 3 atom stereocenters. The highest BCUT2D eigenvalue weighted by Crippen LogP contribution is 2.14. The van der Waals surface area contributed by atoms with E-state index in [1.807, 2.05) is 6.08 Å². The molecule has 0 rings (SSSR count). The second-order valence-electron chi connectivity index (χ2n) is 11.4. The zero-order valence-electron chi connectivity index (χ0n) is 26.2. The van der Waals surface area contributed by atoms with E-state index in [1.54, 1.807) is 6.08 Å². The molecular weight excluding hydrogens is 498 g/mol. The molecule has 0 saturated heterocycles. The van der Waals surface area contributed by atoms with E-state index in [2.05, 4.69) is 43.5 Å². The van der Waals surface area contributed by atoms with Gasteiger partial charge in [-0.15, -0.1) is 0 Å². The van der Waals surface area contributed by atoms with Gasteiger partial charge in [0, 0.05) is 0 Å². The summed E-state index contributed by atoms with van der Waals surface area (Å²) in [5.74, 6) is -0.333. The summed E-state index contributed by atoms with van der Waals surface area (Å²) in [6.07, 6.45) is 35.5. The molecule has 4 N–H and O–H groups in total. The van der Waals surface area contributed by atoms with E-state index < -0.39 is 18.2 Å². The van der Waals surface area contributed by atoms with Crippen LogP contribution in [0.25, 0.3) is 0 Å². The first kappa shape index (κ1) is 38.6. The van der Waals surface area contributed by atoms with Gasteiger partial charge in [0.25, 0.3) is 0 Å². The Morgan fingerprint density at radius 1 is 0.625 bits per heavy atom. The van der Waals surface area contributed by atoms with Crippen LogP contribution >= 0.6 is 0 Å². The van der Waals surface area contributed by atoms with Crippen molar-refractivity contribution in [3.63, 3.8) is 0 Å². The third-order valence-corrected chi connectivity index (χ3v) is 7.41. The Bertz CT molecular complexity index is 631. The molecule has 0 aromatic carbocycles. The number of carbonyl (C=O) groups excluding carboxylic acids is 1. The van der Waals surface area contributed by atoms with Gasteiger partial charge in [-0.25, -0.2) is 0 Å². The van der Waals surface area contributed by atoms with Gasteiger partial charge in [0.05, 0.1) is 31.3 Å². The van der Waals surface area contributed by atoms with Crippen molar-refractivity contribution in [1.82, 2.24) is 5.32 Å². The lowest BCUT2D eigenvalue weighted by Crippen LogP contribution is -2.45. The van der Waals surface area contributed by atoms with Crippen LogP contribution in [0.4, 0.5) is 0 Å². The molecule has 5 nitrogen and oxygen atoms in total. The molecule has 1 amide bonds. The summed E-state index contributed by atoms with van der Waals surface area (Å²) >= 11 is 0. The van der Waals surface area contributed by atoms with E-state index in [0.717, 1.165) is 38.5 Å². The molecule has 0 aromatic heterocycles. The fraction of sp³-hybridized carbons (Fsp3) is 0.800. The zero-order chi connectivity index (χ0) is 29.5. The van der Waals surface area contributed by atoms with E-state index in [4.69, 9.17) is 0 Å². The Kier molecular flexibility index (Phi) is 29.4. The number of aliphatic hydroxyl groups excluding tert-OH is 3. The Morgan fingerprint density at radius 2 is 1.07 bits per heavy atom. The van der Waals surface area contributed by atoms with Crippen LogP contribution in [0.5, 0.6) is 0 Å². The predicted octanol–water partition coefficient (Wildman–Crippen LogP) is 8.48. The van der Waals surface area contributed by atoms with Crippen molar-refractivity contribution in [2.45, 2.75) is 173 Å². The van der Waals surface area contributed by atoms with Gasteiger partial charge in [-0.1, -0.05) is 140 Å². The lowest BCUT2D eigenvalue weighted by atomic mass is 10.0. The smallest absolute Gasteiger partial charge is 0.222 e. The first-order valence-electron chi connectivity index (χ1n) is 16.8. The van der Waals surface area contributed by atoms with Crippen LogP contribution in [-0.2, 0) is 4.79 Å². The lowest BCUT2D eigenvalue weighted by Gasteiger charge is -2.21. The fourth-order valence-corrected chi connectivity index (χ4v) is 4.78. The van der Waals surface area contributed by atoms with Crippen LogP contribution in [0.3, 0.4) is 0 Å². The summed E-state index contributed by atoms with van der Waals surface area (Å²) in [6, 6.07) is -0.762. The molecule has 0 aliphatic carbocycles. The number of hydrogen-bond acceptors (Lipinski definition) is 4. The highest BCUT2D eigenvalue weighted by Gasteiger charge is 2.20. The summed E-state index contributed by atoms with van der Waals surface area (Å²) in [5.41, 5.74) is 0. The number of carbonyl (C=O) groups is 1. The zero-order valence-corrected chi connectivity index (χ0v) is 26.2. The van der Waals surface area contributed by atoms with Crippen LogP contribution in [0.1, 0.15) is 155 Å². The summed E-state index contributed by atoms with van der Waals surface area (Å²) in [6.45, 7) is 4.13. The van der Waals surface area contributed by atoms with Gasteiger partial charge in [0.1, 0.15) is 0 Å². The van der Waals surface area contributed by atoms with Gasteiger partial charge in [-0.2, -0.15) is 0 Å². The van der Waals surface area contributed by atoms with E-state index in [-0.39, 0.29) is 18.9 Å². The van der Waals surface area contributed by atoms with Crippen molar-refractivity contribution >= 4 is 5.91 Å². The number of aliphatic hydroxyl groups is 3. The van der Waals surface area contributed by atoms with Gasteiger partial charge in [-0.3, -0.25) is 4.79 Å². The van der Waals surface area contributed by atoms with E-state index in [9.17, 15) is 20.1 Å². The number of unbranched alkanes of at least 4 members (excludes halogenated alkanes) is 16. The van der Waals surface area contributed by atoms with E-state index in [0.29, 0.717) is 6.42 Å². The molecule has 3 unspecified atom stereocenters. The summed E-state index contributed by atoms with van der Waals surface area (Å²) in [7, 11) is 0. The van der Waals surface area contributed by atoms with Gasteiger partial charge in [0.2, 0.25) is 5.91 Å². The average molecular weight is 564 g/mol. The van der Waals surface area contributed by atoms with Crippen LogP contribution in [0.2, 0.25) is 0 Å². The number of nitrogens with one attached hydrogen (secondary N) is 1. The first-order valence-corrected chi connectivity index (χ1v) is 16.8. The second-order valence-corrected chi connectivity index (χ2v) is 11.4. The molecule has 234 valence electrons. The van der Waals surface area contributed by atoms with Crippen LogP contribution in [0, 0.1) is 0 Å². The largest absolute Gasteiger partial charge is 0.394 e. The molecule has 0 aromatic rings. The Morgan fingerprint density at radius 3 is 1.60 bits per heavy atom. The van der Waals surface area contributed by atoms with Crippen molar-refractivity contribution < 1.29 is 20.1 Å². The molecule has 0 saturated carbocycles. The molecule has 0 heterocycles. The minimum absolute atomic E-state index is 0.00366. The molecule has 0 spiro atoms. The highest BCUT2D eigenvalue weighted by molar-refractivity contribution is 5.76. The Labute approximate surface area is 247 Å². The third kappa shape index (κ3) is 26.8. The van der Waals surface area contributed by atoms with Gasteiger partial charge < -0.3 is 20.6 Å². The van der Waals surface area contributed by atoms with E-state index >= 15 is 0 Å². The fourth-order valence-electron chi connectivity index (χ4n) is 4.78. The quantitative estimate of drug-likeness (QED) is 0.0543. The monoisotopic (exact) mass is 563 g/mol. The number of rotatable bonds is 29. The summed E-state index contributed by atoms with van der Waals surface area (Å²) < 4.78 is 0. The number of allylic oxidation sites excluding steroid dienone is 5. The minimum atomic E-state index is -0.954. The normalized spacial score (nSPS) is 14.4. The average Bonchev–Trinajstić information content (AvgIpc) is 2.94. The van der Waals surface area contributed by atoms with Gasteiger partial charge in [0.15, 0.2) is 0 Å². The standard InChI is InChI=1S/C35H65NO4/c1-3-5-7-9-11-13-15-17-19-21-23-25-27-29-34(39)33(31-37)36-35(40)30-32(38)28-26-24-22-20-18-16-14-12-10-8-6-4-2/h11,13,19,21,27,29,32-34,37-39H,3-10,12,14-18,20,22-26,28,30-31H2,1-2H3,(H,36,40)/b13-11+,21-19+,29-27+. The predicted molar refractivity (Wildman–Crippen MR) is 171 cm³/mol. The van der Waals surface area contributed by atoms with Crippen LogP contribution < -0.4 is 5.32 Å². The number of amides is 1. The summed E-state index contributed by atoms with van der Waals surface area (Å²) in [5, 5.41) is 32.9. The van der Waals surface area contributed by atoms with Gasteiger partial charge in [-0.05, 0) is 44.9 Å². The van der Waals surface area contributed by atoms with Crippen LogP contribution in [0.15, 0.2) is 36.5 Å². The maximum atomic E-state index is 12.3. The summed E-state index contributed by atoms with van der Waals surface area (Å²) in [4.78, 5) is 12.3. The number of hydrogen-bond donors (Lipinski definition) is 4. The van der Waals surface area contributed by atoms with Crippen molar-refractivity contribution in [2.24, 2.45) is 0 Å². The first-order chi connectivity index (χ1) is 19.5. The third-order valence-electron chi connectivity index (χ3n) is 7.41. The molecule has 0 aliphatic rings. The molecule has 0 bridgehead atoms. The Hall–Kier alpha value is -1.43. The Balaban J connectivity index is 3.86. The molecular formula is C35H65NO4. The maximum absolute atomic E-state index is 12.3. The minimum Gasteiger partial charge on any atom is -0.394 e. The van der Waals surface area contributed by atoms with Crippen molar-refractivity contribution in [3.8, 4) is 0 Å². The van der Waals surface area contributed by atoms with Crippen molar-refractivity contribution in [1.29, 1.82) is 0 Å². The van der Waals surface area contributed by atoms with E-state index in [1.165, 1.54) is 89.9 Å². The van der Waals surface area contributed by atoms with Gasteiger partial charge >= 0.3 is 0 Å². The van der Waals surface area contributed by atoms with Crippen molar-refractivity contribution in [3.05, 3.63) is 36.5 Å². The topological polar surface area (TPSA) is 89.8 Å². The second kappa shape index (κ2) is 30.5. The maximum Gasteiger partial charge on any atom is 0.222 e. The molecule has 40 heavy (non-hydrogen) atoms. The van der Waals surface area contributed by atoms with Crippen molar-refractivity contribution in [2.75, 3.05) is 6.61 Å². The highest BCUT2D eigenvalue weighted by atomic mass is 16.3. The lowest BCUT2D eigenvalue weighted by molar-refractivity contribution is -0.124.